The molecule has 1 aliphatic carbocycles. The van der Waals surface area contributed by atoms with Crippen LogP contribution in [0.4, 0.5) is 0 Å². The average Bonchev–Trinajstić information content (AvgIpc) is 2.62. The highest BCUT2D eigenvalue weighted by Gasteiger charge is 2.72. The Hall–Kier alpha value is -0.710. The molecule has 0 radical (unpaired) electrons. The van der Waals surface area contributed by atoms with Gasteiger partial charge in [0.1, 0.15) is 11.4 Å². The molecule has 4 unspecified atom stereocenters. The summed E-state index contributed by atoms with van der Waals surface area (Å²) in [4.78, 5) is 23.5. The van der Waals surface area contributed by atoms with Crippen molar-refractivity contribution in [2.75, 3.05) is 12.9 Å². The Morgan fingerprint density at radius 3 is 2.65 bits per heavy atom. The molecule has 1 aliphatic heterocycles. The molecular weight excluding hydrogens is 240 g/mol. The van der Waals surface area contributed by atoms with E-state index < -0.39 is 5.25 Å². The summed E-state index contributed by atoms with van der Waals surface area (Å²) < 4.78 is 10.3. The van der Waals surface area contributed by atoms with E-state index in [9.17, 15) is 9.59 Å². The van der Waals surface area contributed by atoms with Crippen molar-refractivity contribution in [1.82, 2.24) is 0 Å². The normalized spacial score (nSPS) is 34.8. The maximum Gasteiger partial charge on any atom is 0.322 e. The Balaban J connectivity index is 2.12. The Kier molecular flexibility index (Phi) is 3.14. The van der Waals surface area contributed by atoms with Crippen LogP contribution in [0, 0.1) is 17.3 Å². The summed E-state index contributed by atoms with van der Waals surface area (Å²) in [5.41, 5.74) is -0.0273. The monoisotopic (exact) mass is 258 g/mol. The Morgan fingerprint density at radius 1 is 1.59 bits per heavy atom. The fourth-order valence-corrected chi connectivity index (χ4v) is 3.61. The SMILES string of the molecule is CCOC(=O)C(SC)C1OC(=O)C2C1C2(C)C. The van der Waals surface area contributed by atoms with Gasteiger partial charge in [-0.3, -0.25) is 9.59 Å². The summed E-state index contributed by atoms with van der Waals surface area (Å²) in [5.74, 6) is -0.303. The molecule has 0 aromatic carbocycles. The highest BCUT2D eigenvalue weighted by molar-refractivity contribution is 8.00. The summed E-state index contributed by atoms with van der Waals surface area (Å²) in [6, 6.07) is 0. The number of ether oxygens (including phenoxy) is 2. The lowest BCUT2D eigenvalue weighted by Crippen LogP contribution is -2.37. The van der Waals surface area contributed by atoms with E-state index in [1.807, 2.05) is 6.26 Å². The molecule has 2 fully saturated rings. The zero-order valence-electron chi connectivity index (χ0n) is 10.6. The lowest BCUT2D eigenvalue weighted by atomic mass is 10.0. The first-order chi connectivity index (χ1) is 7.95. The summed E-state index contributed by atoms with van der Waals surface area (Å²) in [6.45, 7) is 6.24. The van der Waals surface area contributed by atoms with Gasteiger partial charge in [0.05, 0.1) is 12.5 Å². The quantitative estimate of drug-likeness (QED) is 0.715. The van der Waals surface area contributed by atoms with Crippen LogP contribution in [0.5, 0.6) is 0 Å². The second-order valence-corrected chi connectivity index (χ2v) is 6.11. The zero-order valence-corrected chi connectivity index (χ0v) is 11.4. The van der Waals surface area contributed by atoms with E-state index in [0.717, 1.165) is 0 Å². The van der Waals surface area contributed by atoms with Crippen molar-refractivity contribution in [2.24, 2.45) is 17.3 Å². The first-order valence-electron chi connectivity index (χ1n) is 5.85. The number of hydrogen-bond acceptors (Lipinski definition) is 5. The summed E-state index contributed by atoms with van der Waals surface area (Å²) in [7, 11) is 0. The van der Waals surface area contributed by atoms with Crippen molar-refractivity contribution >= 4 is 23.7 Å². The van der Waals surface area contributed by atoms with Crippen molar-refractivity contribution in [3.8, 4) is 0 Å². The third-order valence-electron chi connectivity index (χ3n) is 3.84. The third-order valence-corrected chi connectivity index (χ3v) is 4.81. The van der Waals surface area contributed by atoms with Crippen molar-refractivity contribution in [3.63, 3.8) is 0 Å². The van der Waals surface area contributed by atoms with Gasteiger partial charge in [-0.2, -0.15) is 0 Å². The molecule has 96 valence electrons. The van der Waals surface area contributed by atoms with Gasteiger partial charge in [-0.25, -0.2) is 0 Å². The molecule has 4 nitrogen and oxygen atoms in total. The molecule has 1 saturated heterocycles. The van der Waals surface area contributed by atoms with Crippen LogP contribution < -0.4 is 0 Å². The molecule has 0 spiro atoms. The molecule has 0 aromatic rings. The largest absolute Gasteiger partial charge is 0.465 e. The first kappa shape index (κ1) is 12.7. The Labute approximate surface area is 105 Å². The van der Waals surface area contributed by atoms with E-state index >= 15 is 0 Å². The zero-order chi connectivity index (χ0) is 12.8. The van der Waals surface area contributed by atoms with Gasteiger partial charge in [-0.1, -0.05) is 13.8 Å². The van der Waals surface area contributed by atoms with Crippen LogP contribution in [0.25, 0.3) is 0 Å². The van der Waals surface area contributed by atoms with Crippen LogP contribution in [-0.2, 0) is 19.1 Å². The number of thioether (sulfide) groups is 1. The summed E-state index contributed by atoms with van der Waals surface area (Å²) in [6.07, 6.45) is 1.52. The number of carbonyl (C=O) groups excluding carboxylic acids is 2. The minimum absolute atomic E-state index is 0.0273. The van der Waals surface area contributed by atoms with Crippen LogP contribution in [0.15, 0.2) is 0 Å². The number of fused-ring (bicyclic) bond motifs is 1. The van der Waals surface area contributed by atoms with Crippen LogP contribution in [0.2, 0.25) is 0 Å². The molecule has 0 N–H and O–H groups in total. The van der Waals surface area contributed by atoms with Crippen LogP contribution in [0.1, 0.15) is 20.8 Å². The lowest BCUT2D eigenvalue weighted by Gasteiger charge is -2.23. The Bertz CT molecular complexity index is 352. The third kappa shape index (κ3) is 1.84. The molecule has 0 amide bonds. The van der Waals surface area contributed by atoms with E-state index in [1.165, 1.54) is 11.8 Å². The number of hydrogen-bond donors (Lipinski definition) is 0. The predicted molar refractivity (Wildman–Crippen MR) is 64.6 cm³/mol. The fraction of sp³-hybridized carbons (Fsp3) is 0.833. The standard InChI is InChI=1S/C12H18O4S/c1-5-15-11(14)9(17-4)8-6-7(10(13)16-8)12(6,2)3/h6-9H,5H2,1-4H3. The van der Waals surface area contributed by atoms with Crippen LogP contribution in [-0.4, -0.2) is 36.2 Å². The maximum atomic E-state index is 11.8. The maximum absolute atomic E-state index is 11.8. The highest BCUT2D eigenvalue weighted by Crippen LogP contribution is 2.65. The van der Waals surface area contributed by atoms with E-state index in [2.05, 4.69) is 13.8 Å². The van der Waals surface area contributed by atoms with E-state index in [-0.39, 0.29) is 35.3 Å². The molecule has 4 atom stereocenters. The van der Waals surface area contributed by atoms with Crippen molar-refractivity contribution in [2.45, 2.75) is 32.1 Å². The average molecular weight is 258 g/mol. The molecule has 0 bridgehead atoms. The van der Waals surface area contributed by atoms with Crippen molar-refractivity contribution < 1.29 is 19.1 Å². The van der Waals surface area contributed by atoms with Crippen LogP contribution in [0.3, 0.4) is 0 Å². The number of esters is 2. The lowest BCUT2D eigenvalue weighted by molar-refractivity contribution is -0.152. The van der Waals surface area contributed by atoms with E-state index in [0.29, 0.717) is 6.61 Å². The summed E-state index contributed by atoms with van der Waals surface area (Å²) >= 11 is 1.40. The van der Waals surface area contributed by atoms with Gasteiger partial charge >= 0.3 is 11.9 Å². The van der Waals surface area contributed by atoms with Gasteiger partial charge in [-0.15, -0.1) is 11.8 Å². The predicted octanol–water partition coefficient (Wildman–Crippen LogP) is 1.48. The number of cyclic esters (lactones) is 1. The molecule has 17 heavy (non-hydrogen) atoms. The van der Waals surface area contributed by atoms with Gasteiger partial charge < -0.3 is 9.47 Å². The topological polar surface area (TPSA) is 52.6 Å². The van der Waals surface area contributed by atoms with Crippen molar-refractivity contribution in [1.29, 1.82) is 0 Å². The molecule has 2 aliphatic rings. The highest BCUT2D eigenvalue weighted by atomic mass is 32.2. The van der Waals surface area contributed by atoms with Gasteiger partial charge in [0.2, 0.25) is 0 Å². The van der Waals surface area contributed by atoms with Crippen molar-refractivity contribution in [3.05, 3.63) is 0 Å². The van der Waals surface area contributed by atoms with Gasteiger partial charge in [0.25, 0.3) is 0 Å². The molecule has 2 rings (SSSR count). The molecule has 5 heteroatoms. The minimum atomic E-state index is -0.393. The van der Waals surface area contributed by atoms with Gasteiger partial charge in [0.15, 0.2) is 0 Å². The molecule has 1 heterocycles. The summed E-state index contributed by atoms with van der Waals surface area (Å²) in [5, 5.41) is -0.393. The molecular formula is C12H18O4S. The first-order valence-corrected chi connectivity index (χ1v) is 7.13. The van der Waals surface area contributed by atoms with E-state index in [4.69, 9.17) is 9.47 Å². The smallest absolute Gasteiger partial charge is 0.322 e. The van der Waals surface area contributed by atoms with Gasteiger partial charge in [-0.05, 0) is 18.6 Å². The minimum Gasteiger partial charge on any atom is -0.465 e. The van der Waals surface area contributed by atoms with Crippen LogP contribution >= 0.6 is 11.8 Å². The second kappa shape index (κ2) is 4.19. The van der Waals surface area contributed by atoms with Gasteiger partial charge in [0, 0.05) is 5.92 Å². The number of carbonyl (C=O) groups is 2. The number of rotatable bonds is 4. The van der Waals surface area contributed by atoms with E-state index in [1.54, 1.807) is 6.92 Å². The molecule has 0 aromatic heterocycles. The second-order valence-electron chi connectivity index (χ2n) is 5.13. The fourth-order valence-electron chi connectivity index (χ4n) is 2.86. The molecule has 1 saturated carbocycles. The Morgan fingerprint density at radius 2 is 2.24 bits per heavy atom.